The van der Waals surface area contributed by atoms with E-state index in [1.165, 1.54) is 42.9 Å². The third-order valence-corrected chi connectivity index (χ3v) is 5.92. The number of benzene rings is 1. The van der Waals surface area contributed by atoms with Crippen molar-refractivity contribution < 1.29 is 4.74 Å². The molecule has 2 fully saturated rings. The Kier molecular flexibility index (Phi) is 4.86. The number of ether oxygens (including phenoxy) is 1. The van der Waals surface area contributed by atoms with Gasteiger partial charge < -0.3 is 10.1 Å². The molecule has 0 radical (unpaired) electrons. The van der Waals surface area contributed by atoms with Crippen LogP contribution in [0.15, 0.2) is 24.3 Å². The Morgan fingerprint density at radius 2 is 1.76 bits per heavy atom. The van der Waals surface area contributed by atoms with Crippen molar-refractivity contribution in [3.8, 4) is 0 Å². The fourth-order valence-corrected chi connectivity index (χ4v) is 4.47. The van der Waals surface area contributed by atoms with Gasteiger partial charge in [0.05, 0.1) is 18.9 Å². The van der Waals surface area contributed by atoms with Crippen LogP contribution in [0.5, 0.6) is 0 Å². The van der Waals surface area contributed by atoms with Crippen molar-refractivity contribution in [1.82, 2.24) is 15.1 Å². The summed E-state index contributed by atoms with van der Waals surface area (Å²) in [6.07, 6.45) is 6.52. The molecule has 1 saturated heterocycles. The third-order valence-electron chi connectivity index (χ3n) is 5.92. The van der Waals surface area contributed by atoms with Gasteiger partial charge in [-0.15, -0.1) is 5.10 Å². The lowest BCUT2D eigenvalue weighted by molar-refractivity contribution is -0.0318. The molecule has 5 heteroatoms. The molecular formula is C20H28N4O. The summed E-state index contributed by atoms with van der Waals surface area (Å²) in [5.41, 5.74) is 1.22. The number of anilines is 1. The van der Waals surface area contributed by atoms with E-state index in [0.29, 0.717) is 0 Å². The molecule has 0 spiro atoms. The molecular weight excluding hydrogens is 312 g/mol. The summed E-state index contributed by atoms with van der Waals surface area (Å²) in [4.78, 5) is 2.66. The lowest BCUT2D eigenvalue weighted by Gasteiger charge is -2.48. The normalized spacial score (nSPS) is 21.3. The van der Waals surface area contributed by atoms with Crippen LogP contribution < -0.4 is 5.32 Å². The van der Waals surface area contributed by atoms with E-state index >= 15 is 0 Å². The van der Waals surface area contributed by atoms with E-state index < -0.39 is 0 Å². The van der Waals surface area contributed by atoms with Gasteiger partial charge in [0.25, 0.3) is 0 Å². The van der Waals surface area contributed by atoms with Crippen LogP contribution >= 0.6 is 0 Å². The number of aryl methyl sites for hydroxylation is 1. The van der Waals surface area contributed by atoms with Crippen molar-refractivity contribution in [3.63, 3.8) is 0 Å². The molecule has 1 aliphatic heterocycles. The Labute approximate surface area is 149 Å². The molecule has 2 aromatic rings. The second-order valence-corrected chi connectivity index (χ2v) is 7.42. The minimum atomic E-state index is 0.232. The van der Waals surface area contributed by atoms with E-state index in [2.05, 4.69) is 44.7 Å². The number of fused-ring (bicyclic) bond motifs is 1. The summed E-state index contributed by atoms with van der Waals surface area (Å²) < 4.78 is 5.58. The first-order chi connectivity index (χ1) is 12.3. The highest BCUT2D eigenvalue weighted by molar-refractivity contribution is 5.92. The minimum Gasteiger partial charge on any atom is -0.379 e. The van der Waals surface area contributed by atoms with Crippen LogP contribution in [0.3, 0.4) is 0 Å². The van der Waals surface area contributed by atoms with E-state index in [1.54, 1.807) is 0 Å². The maximum atomic E-state index is 5.58. The molecule has 5 nitrogen and oxygen atoms in total. The second kappa shape index (κ2) is 7.26. The smallest absolute Gasteiger partial charge is 0.156 e. The molecule has 0 amide bonds. The van der Waals surface area contributed by atoms with Gasteiger partial charge in [-0.25, -0.2) is 0 Å². The zero-order chi connectivity index (χ0) is 17.1. The highest BCUT2D eigenvalue weighted by Gasteiger charge is 2.38. The lowest BCUT2D eigenvalue weighted by atomic mass is 9.79. The number of rotatable bonds is 4. The van der Waals surface area contributed by atoms with Crippen LogP contribution in [0.2, 0.25) is 0 Å². The molecule has 4 rings (SSSR count). The first kappa shape index (κ1) is 16.7. The number of morpholine rings is 1. The summed E-state index contributed by atoms with van der Waals surface area (Å²) in [6.45, 7) is 6.76. The standard InChI is InChI=1S/C20H28N4O/c1-16-17-7-3-4-8-18(17)19(23-22-16)21-15-20(9-5-2-6-10-20)24-11-13-25-14-12-24/h3-4,7-8H,2,5-6,9-15H2,1H3,(H,21,23). The van der Waals surface area contributed by atoms with Gasteiger partial charge in [0.2, 0.25) is 0 Å². The van der Waals surface area contributed by atoms with E-state index in [-0.39, 0.29) is 5.54 Å². The Morgan fingerprint density at radius 3 is 2.52 bits per heavy atom. The summed E-state index contributed by atoms with van der Waals surface area (Å²) in [5.74, 6) is 0.916. The highest BCUT2D eigenvalue weighted by atomic mass is 16.5. The van der Waals surface area contributed by atoms with Crippen molar-refractivity contribution in [2.75, 3.05) is 38.2 Å². The van der Waals surface area contributed by atoms with Crippen molar-refractivity contribution >= 4 is 16.6 Å². The predicted octanol–water partition coefficient (Wildman–Crippen LogP) is 3.39. The molecule has 1 N–H and O–H groups in total. The summed E-state index contributed by atoms with van der Waals surface area (Å²) in [7, 11) is 0. The summed E-state index contributed by atoms with van der Waals surface area (Å²) in [6, 6.07) is 8.41. The quantitative estimate of drug-likeness (QED) is 0.924. The van der Waals surface area contributed by atoms with Gasteiger partial charge in [0, 0.05) is 35.9 Å². The van der Waals surface area contributed by atoms with E-state index in [9.17, 15) is 0 Å². The molecule has 1 aromatic heterocycles. The van der Waals surface area contributed by atoms with Gasteiger partial charge in [-0.1, -0.05) is 43.5 Å². The molecule has 1 aliphatic carbocycles. The fraction of sp³-hybridized carbons (Fsp3) is 0.600. The van der Waals surface area contributed by atoms with E-state index in [1.807, 2.05) is 6.92 Å². The Morgan fingerprint density at radius 1 is 1.04 bits per heavy atom. The number of aromatic nitrogens is 2. The SMILES string of the molecule is Cc1nnc(NCC2(N3CCOCC3)CCCCC2)c2ccccc12. The van der Waals surface area contributed by atoms with Crippen LogP contribution in [0.4, 0.5) is 5.82 Å². The third kappa shape index (κ3) is 3.35. The predicted molar refractivity (Wildman–Crippen MR) is 101 cm³/mol. The molecule has 25 heavy (non-hydrogen) atoms. The van der Waals surface area contributed by atoms with Crippen molar-refractivity contribution in [1.29, 1.82) is 0 Å². The van der Waals surface area contributed by atoms with Gasteiger partial charge in [-0.2, -0.15) is 5.10 Å². The minimum absolute atomic E-state index is 0.232. The molecule has 134 valence electrons. The van der Waals surface area contributed by atoms with Crippen LogP contribution in [0.25, 0.3) is 10.8 Å². The molecule has 1 saturated carbocycles. The molecule has 0 atom stereocenters. The Bertz CT molecular complexity index is 721. The van der Waals surface area contributed by atoms with Gasteiger partial charge in [-0.3, -0.25) is 4.90 Å². The zero-order valence-corrected chi connectivity index (χ0v) is 15.1. The monoisotopic (exact) mass is 340 g/mol. The summed E-state index contributed by atoms with van der Waals surface area (Å²) in [5, 5.41) is 14.8. The van der Waals surface area contributed by atoms with Crippen LogP contribution in [0.1, 0.15) is 37.8 Å². The lowest BCUT2D eigenvalue weighted by Crippen LogP contribution is -2.58. The van der Waals surface area contributed by atoms with Gasteiger partial charge in [0.15, 0.2) is 5.82 Å². The average molecular weight is 340 g/mol. The number of nitrogens with zero attached hydrogens (tertiary/aromatic N) is 3. The van der Waals surface area contributed by atoms with Crippen LogP contribution in [-0.4, -0.2) is 53.5 Å². The molecule has 1 aromatic carbocycles. The highest BCUT2D eigenvalue weighted by Crippen LogP contribution is 2.35. The first-order valence-electron chi connectivity index (χ1n) is 9.57. The fourth-order valence-electron chi connectivity index (χ4n) is 4.47. The largest absolute Gasteiger partial charge is 0.379 e. The van der Waals surface area contributed by atoms with Gasteiger partial charge >= 0.3 is 0 Å². The van der Waals surface area contributed by atoms with E-state index in [4.69, 9.17) is 4.74 Å². The molecule has 2 heterocycles. The van der Waals surface area contributed by atoms with Crippen molar-refractivity contribution in [2.24, 2.45) is 0 Å². The number of nitrogens with one attached hydrogen (secondary N) is 1. The molecule has 2 aliphatic rings. The maximum absolute atomic E-state index is 5.58. The second-order valence-electron chi connectivity index (χ2n) is 7.42. The average Bonchev–Trinajstić information content (AvgIpc) is 2.69. The van der Waals surface area contributed by atoms with Gasteiger partial charge in [-0.05, 0) is 19.8 Å². The maximum Gasteiger partial charge on any atom is 0.156 e. The summed E-state index contributed by atoms with van der Waals surface area (Å²) >= 11 is 0. The number of hydrogen-bond acceptors (Lipinski definition) is 5. The van der Waals surface area contributed by atoms with Gasteiger partial charge in [0.1, 0.15) is 0 Å². The topological polar surface area (TPSA) is 50.3 Å². The molecule has 0 unspecified atom stereocenters. The van der Waals surface area contributed by atoms with Crippen LogP contribution in [0, 0.1) is 6.92 Å². The number of hydrogen-bond donors (Lipinski definition) is 1. The van der Waals surface area contributed by atoms with E-state index in [0.717, 1.165) is 44.4 Å². The molecule has 0 bridgehead atoms. The van der Waals surface area contributed by atoms with Crippen LogP contribution in [-0.2, 0) is 4.74 Å². The van der Waals surface area contributed by atoms with Crippen molar-refractivity contribution in [2.45, 2.75) is 44.6 Å². The van der Waals surface area contributed by atoms with Crippen molar-refractivity contribution in [3.05, 3.63) is 30.0 Å². The Hall–Kier alpha value is -1.72. The Balaban J connectivity index is 1.58. The first-order valence-corrected chi connectivity index (χ1v) is 9.57. The zero-order valence-electron chi connectivity index (χ0n) is 15.1.